The molecule has 4 saturated carbocycles. The minimum Gasteiger partial charge on any atom is -0.458 e. The average Bonchev–Trinajstić information content (AvgIpc) is 3.19. The van der Waals surface area contributed by atoms with Crippen LogP contribution in [0, 0.1) is 47.3 Å². The minimum atomic E-state index is -3.84. The van der Waals surface area contributed by atoms with Crippen LogP contribution in [0.1, 0.15) is 77.7 Å². The Bertz CT molecular complexity index is 1220. The molecule has 0 spiro atoms. The van der Waals surface area contributed by atoms with Crippen LogP contribution in [0.25, 0.3) is 0 Å². The van der Waals surface area contributed by atoms with Crippen molar-refractivity contribution in [2.75, 3.05) is 6.61 Å². The molecule has 7 nitrogen and oxygen atoms in total. The minimum absolute atomic E-state index is 0.0590. The topological polar surface area (TPSA) is 104 Å². The molecule has 0 heterocycles. The van der Waals surface area contributed by atoms with Gasteiger partial charge >= 0.3 is 5.97 Å². The number of fused-ring (bicyclic) bond motifs is 5. The van der Waals surface area contributed by atoms with E-state index in [1.165, 1.54) is 6.92 Å². The Hall–Kier alpha value is -2.06. The Morgan fingerprint density at radius 1 is 1.00 bits per heavy atom. The molecule has 4 aliphatic rings. The molecular formula is C30H40O7S. The summed E-state index contributed by atoms with van der Waals surface area (Å²) in [7, 11) is -3.84. The van der Waals surface area contributed by atoms with E-state index in [1.54, 1.807) is 24.3 Å². The van der Waals surface area contributed by atoms with Crippen LogP contribution in [0.2, 0.25) is 0 Å². The van der Waals surface area contributed by atoms with Crippen molar-refractivity contribution < 1.29 is 31.7 Å². The van der Waals surface area contributed by atoms with E-state index >= 15 is 0 Å². The third-order valence-corrected chi connectivity index (χ3v) is 12.1. The number of ether oxygens (including phenoxy) is 1. The van der Waals surface area contributed by atoms with Gasteiger partial charge in [-0.2, -0.15) is 8.42 Å². The second-order valence-electron chi connectivity index (χ2n) is 12.8. The molecule has 38 heavy (non-hydrogen) atoms. The SMILES string of the molecule is CC(=O)OCC(=O)[C@H]1CC[C@H]2[C@@H]3CC[C@H]4C[C@@H](OS(=O)(=O)c5ccc(C)cc5)CC[C@]4(C)[C@H]3C(=O)C[C@]12C. The van der Waals surface area contributed by atoms with Crippen molar-refractivity contribution >= 4 is 27.7 Å². The van der Waals surface area contributed by atoms with Crippen LogP contribution < -0.4 is 0 Å². The lowest BCUT2D eigenvalue weighted by molar-refractivity contribution is -0.163. The van der Waals surface area contributed by atoms with Gasteiger partial charge in [0.1, 0.15) is 12.4 Å². The Balaban J connectivity index is 1.30. The standard InChI is InChI=1S/C30H40O7S/c1-18-5-8-22(9-6-18)38(34,35)37-21-13-14-29(3)20(15-21)7-10-23-24-11-12-25(27(33)17-36-19(2)31)30(24,4)16-26(32)28(23)29/h5-6,8-9,20-21,23-25,28H,7,10-17H2,1-4H3/t20-,21-,23-,24-,25+,28+,29-,30-/m0/s1. The van der Waals surface area contributed by atoms with E-state index in [0.29, 0.717) is 25.2 Å². The predicted octanol–water partition coefficient (Wildman–Crippen LogP) is 5.04. The van der Waals surface area contributed by atoms with Crippen LogP contribution >= 0.6 is 0 Å². The summed E-state index contributed by atoms with van der Waals surface area (Å²) in [5, 5.41) is 0. The normalized spacial score (nSPS) is 38.6. The highest BCUT2D eigenvalue weighted by Crippen LogP contribution is 2.66. The number of aryl methyl sites for hydroxylation is 1. The van der Waals surface area contributed by atoms with Crippen molar-refractivity contribution in [3.05, 3.63) is 29.8 Å². The summed E-state index contributed by atoms with van der Waals surface area (Å²) in [5.41, 5.74) is 0.417. The first kappa shape index (κ1) is 27.5. The van der Waals surface area contributed by atoms with Crippen LogP contribution in [0.5, 0.6) is 0 Å². The van der Waals surface area contributed by atoms with Crippen LogP contribution in [0.15, 0.2) is 29.2 Å². The van der Waals surface area contributed by atoms with E-state index in [0.717, 1.165) is 37.7 Å². The van der Waals surface area contributed by atoms with Gasteiger partial charge in [-0.05, 0) is 92.6 Å². The summed E-state index contributed by atoms with van der Waals surface area (Å²) in [6.45, 7) is 7.34. The highest BCUT2D eigenvalue weighted by molar-refractivity contribution is 7.86. The van der Waals surface area contributed by atoms with Crippen LogP contribution in [0.4, 0.5) is 0 Å². The van der Waals surface area contributed by atoms with E-state index < -0.39 is 16.1 Å². The second-order valence-corrected chi connectivity index (χ2v) is 14.4. The fourth-order valence-corrected chi connectivity index (χ4v) is 9.98. The van der Waals surface area contributed by atoms with Gasteiger partial charge in [-0.1, -0.05) is 31.5 Å². The largest absolute Gasteiger partial charge is 0.458 e. The van der Waals surface area contributed by atoms with Crippen molar-refractivity contribution in [1.29, 1.82) is 0 Å². The van der Waals surface area contributed by atoms with Gasteiger partial charge in [-0.15, -0.1) is 0 Å². The zero-order valence-electron chi connectivity index (χ0n) is 22.9. The van der Waals surface area contributed by atoms with Crippen LogP contribution in [0.3, 0.4) is 0 Å². The van der Waals surface area contributed by atoms with E-state index in [9.17, 15) is 22.8 Å². The highest BCUT2D eigenvalue weighted by Gasteiger charge is 2.64. The maximum atomic E-state index is 13.9. The number of ketones is 2. The summed E-state index contributed by atoms with van der Waals surface area (Å²) in [5.74, 6) is 0.174. The Morgan fingerprint density at radius 3 is 2.39 bits per heavy atom. The Kier molecular flexibility index (Phi) is 7.13. The number of benzene rings is 1. The number of hydrogen-bond donors (Lipinski definition) is 0. The molecule has 0 amide bonds. The summed E-state index contributed by atoms with van der Waals surface area (Å²) >= 11 is 0. The molecule has 208 valence electrons. The van der Waals surface area contributed by atoms with E-state index in [-0.39, 0.29) is 63.7 Å². The second kappa shape index (κ2) is 9.84. The van der Waals surface area contributed by atoms with Gasteiger partial charge < -0.3 is 4.74 Å². The summed E-state index contributed by atoms with van der Waals surface area (Å²) < 4.78 is 36.6. The highest BCUT2D eigenvalue weighted by atomic mass is 32.2. The quantitative estimate of drug-likeness (QED) is 0.365. The van der Waals surface area contributed by atoms with Crippen LogP contribution in [-0.2, 0) is 33.4 Å². The van der Waals surface area contributed by atoms with Crippen molar-refractivity contribution in [1.82, 2.24) is 0 Å². The number of carbonyl (C=O) groups is 3. The predicted molar refractivity (Wildman–Crippen MR) is 140 cm³/mol. The maximum Gasteiger partial charge on any atom is 0.303 e. The molecule has 0 saturated heterocycles. The van der Waals surface area contributed by atoms with E-state index in [4.69, 9.17) is 8.92 Å². The molecule has 5 rings (SSSR count). The lowest BCUT2D eigenvalue weighted by Crippen LogP contribution is -2.58. The van der Waals surface area contributed by atoms with Crippen molar-refractivity contribution in [3.63, 3.8) is 0 Å². The number of Topliss-reactive ketones (excluding diaryl/α,β-unsaturated/α-hetero) is 2. The van der Waals surface area contributed by atoms with Gasteiger partial charge in [0.05, 0.1) is 11.0 Å². The number of esters is 1. The molecule has 0 bridgehead atoms. The number of hydrogen-bond acceptors (Lipinski definition) is 7. The first-order chi connectivity index (χ1) is 17.8. The molecule has 0 unspecified atom stereocenters. The molecule has 1 aromatic rings. The third-order valence-electron chi connectivity index (χ3n) is 10.7. The fourth-order valence-electron chi connectivity index (χ4n) is 8.86. The summed E-state index contributed by atoms with van der Waals surface area (Å²) in [6.07, 6.45) is 5.54. The molecular weight excluding hydrogens is 504 g/mol. The van der Waals surface area contributed by atoms with E-state index in [1.807, 2.05) is 6.92 Å². The Labute approximate surface area is 226 Å². The average molecular weight is 545 g/mol. The third kappa shape index (κ3) is 4.66. The van der Waals surface area contributed by atoms with Gasteiger partial charge in [0.15, 0.2) is 5.78 Å². The smallest absolute Gasteiger partial charge is 0.303 e. The van der Waals surface area contributed by atoms with Crippen molar-refractivity contribution in [2.24, 2.45) is 40.4 Å². The van der Waals surface area contributed by atoms with Gasteiger partial charge in [0.2, 0.25) is 0 Å². The molecule has 0 aromatic heterocycles. The zero-order valence-corrected chi connectivity index (χ0v) is 23.7. The van der Waals surface area contributed by atoms with Gasteiger partial charge in [0, 0.05) is 25.2 Å². The molecule has 0 aliphatic heterocycles. The lowest BCUT2D eigenvalue weighted by Gasteiger charge is -2.59. The van der Waals surface area contributed by atoms with E-state index in [2.05, 4.69) is 13.8 Å². The number of carbonyl (C=O) groups excluding carboxylic acids is 3. The van der Waals surface area contributed by atoms with Gasteiger partial charge in [0.25, 0.3) is 10.1 Å². The summed E-state index contributed by atoms with van der Waals surface area (Å²) in [4.78, 5) is 38.3. The van der Waals surface area contributed by atoms with Gasteiger partial charge in [-0.3, -0.25) is 18.6 Å². The molecule has 0 N–H and O–H groups in total. The fraction of sp³-hybridized carbons (Fsp3) is 0.700. The molecule has 0 radical (unpaired) electrons. The summed E-state index contributed by atoms with van der Waals surface area (Å²) in [6, 6.07) is 6.73. The van der Waals surface area contributed by atoms with Crippen molar-refractivity contribution in [3.8, 4) is 0 Å². The van der Waals surface area contributed by atoms with Gasteiger partial charge in [-0.25, -0.2) is 0 Å². The molecule has 8 atom stereocenters. The maximum absolute atomic E-state index is 13.9. The monoisotopic (exact) mass is 544 g/mol. The first-order valence-corrected chi connectivity index (χ1v) is 15.4. The molecule has 1 aromatic carbocycles. The molecule has 4 fully saturated rings. The zero-order chi connectivity index (χ0) is 27.5. The van der Waals surface area contributed by atoms with Crippen LogP contribution in [-0.4, -0.2) is 38.7 Å². The molecule has 4 aliphatic carbocycles. The lowest BCUT2D eigenvalue weighted by atomic mass is 9.44. The van der Waals surface area contributed by atoms with Crippen molar-refractivity contribution in [2.45, 2.75) is 90.1 Å². The first-order valence-electron chi connectivity index (χ1n) is 14.0. The Morgan fingerprint density at radius 2 is 1.71 bits per heavy atom. The molecule has 8 heteroatoms. The number of rotatable bonds is 6.